The molecule has 0 radical (unpaired) electrons. The first-order chi connectivity index (χ1) is 4.33. The fraction of sp³-hybridized carbons (Fsp3) is 1.00. The molecule has 2 aliphatic rings. The van der Waals surface area contributed by atoms with E-state index in [2.05, 4.69) is 19.3 Å². The molecule has 4 atom stereocenters. The minimum absolute atomic E-state index is 0.889. The molecule has 0 bridgehead atoms. The molecule has 0 aromatic heterocycles. The molecule has 2 fully saturated rings. The molecular weight excluding hydrogens is 110 g/mol. The van der Waals surface area contributed by atoms with E-state index in [1.807, 2.05) is 0 Å². The van der Waals surface area contributed by atoms with Gasteiger partial charge in [0, 0.05) is 6.04 Å². The zero-order valence-electron chi connectivity index (χ0n) is 6.22. The van der Waals surface area contributed by atoms with E-state index in [1.54, 1.807) is 0 Å². The van der Waals surface area contributed by atoms with Gasteiger partial charge in [-0.2, -0.15) is 0 Å². The Bertz CT molecular complexity index is 122. The zero-order chi connectivity index (χ0) is 6.43. The Hall–Kier alpha value is -0.0400. The summed E-state index contributed by atoms with van der Waals surface area (Å²) < 4.78 is 0. The lowest BCUT2D eigenvalue weighted by Gasteiger charge is -1.92. The fourth-order valence-corrected chi connectivity index (χ4v) is 1.97. The van der Waals surface area contributed by atoms with Crippen LogP contribution in [0.15, 0.2) is 0 Å². The van der Waals surface area contributed by atoms with Gasteiger partial charge in [0.1, 0.15) is 0 Å². The molecule has 1 N–H and O–H groups in total. The van der Waals surface area contributed by atoms with Gasteiger partial charge in [-0.05, 0) is 37.6 Å². The molecule has 0 aliphatic heterocycles. The van der Waals surface area contributed by atoms with Crippen LogP contribution in [-0.2, 0) is 0 Å². The standard InChI is InChI=1S/C8H15N/c1-5-3-6(5)7-4-8(7)9-2/h5-9H,3-4H2,1-2H3/t5-,6?,7?,8?/m0/s1. The van der Waals surface area contributed by atoms with Crippen molar-refractivity contribution >= 4 is 0 Å². The Kier molecular flexibility index (Phi) is 1.10. The van der Waals surface area contributed by atoms with Gasteiger partial charge in [-0.3, -0.25) is 0 Å². The van der Waals surface area contributed by atoms with Crippen LogP contribution in [0, 0.1) is 17.8 Å². The zero-order valence-corrected chi connectivity index (χ0v) is 6.22. The van der Waals surface area contributed by atoms with Crippen LogP contribution in [0.3, 0.4) is 0 Å². The van der Waals surface area contributed by atoms with Gasteiger partial charge in [0.2, 0.25) is 0 Å². The molecule has 0 aromatic rings. The SMILES string of the molecule is CNC1CC1C1C[C@@H]1C. The first kappa shape index (κ1) is 5.72. The summed E-state index contributed by atoms with van der Waals surface area (Å²) in [7, 11) is 2.08. The molecule has 52 valence electrons. The van der Waals surface area contributed by atoms with Crippen LogP contribution in [0.5, 0.6) is 0 Å². The van der Waals surface area contributed by atoms with Crippen molar-refractivity contribution in [3.63, 3.8) is 0 Å². The first-order valence-electron chi connectivity index (χ1n) is 4.00. The highest BCUT2D eigenvalue weighted by Gasteiger charge is 2.50. The van der Waals surface area contributed by atoms with Crippen molar-refractivity contribution in [1.29, 1.82) is 0 Å². The quantitative estimate of drug-likeness (QED) is 0.585. The van der Waals surface area contributed by atoms with Crippen LogP contribution < -0.4 is 5.32 Å². The summed E-state index contributed by atoms with van der Waals surface area (Å²) >= 11 is 0. The molecule has 2 rings (SSSR count). The minimum atomic E-state index is 0.889. The van der Waals surface area contributed by atoms with Crippen LogP contribution >= 0.6 is 0 Å². The van der Waals surface area contributed by atoms with E-state index in [0.29, 0.717) is 0 Å². The molecule has 1 heteroatoms. The largest absolute Gasteiger partial charge is 0.317 e. The minimum Gasteiger partial charge on any atom is -0.317 e. The van der Waals surface area contributed by atoms with Gasteiger partial charge in [-0.15, -0.1) is 0 Å². The Morgan fingerprint density at radius 3 is 2.22 bits per heavy atom. The lowest BCUT2D eigenvalue weighted by atomic mass is 10.2. The van der Waals surface area contributed by atoms with E-state index >= 15 is 0 Å². The van der Waals surface area contributed by atoms with Crippen molar-refractivity contribution in [2.75, 3.05) is 7.05 Å². The predicted octanol–water partition coefficient (Wildman–Crippen LogP) is 1.25. The molecule has 0 heterocycles. The molecule has 0 aromatic carbocycles. The number of rotatable bonds is 2. The van der Waals surface area contributed by atoms with E-state index in [-0.39, 0.29) is 0 Å². The van der Waals surface area contributed by atoms with Crippen LogP contribution in [0.25, 0.3) is 0 Å². The van der Waals surface area contributed by atoms with Crippen LogP contribution in [-0.4, -0.2) is 13.1 Å². The summed E-state index contributed by atoms with van der Waals surface area (Å²) in [6, 6.07) is 0.889. The van der Waals surface area contributed by atoms with Crippen molar-refractivity contribution in [1.82, 2.24) is 5.32 Å². The van der Waals surface area contributed by atoms with E-state index in [0.717, 1.165) is 23.8 Å². The average molecular weight is 125 g/mol. The van der Waals surface area contributed by atoms with Gasteiger partial charge >= 0.3 is 0 Å². The summed E-state index contributed by atoms with van der Waals surface area (Å²) in [6.07, 6.45) is 2.95. The number of hydrogen-bond acceptors (Lipinski definition) is 1. The summed E-state index contributed by atoms with van der Waals surface area (Å²) in [5.74, 6) is 3.21. The molecule has 0 spiro atoms. The topological polar surface area (TPSA) is 12.0 Å². The van der Waals surface area contributed by atoms with E-state index in [4.69, 9.17) is 0 Å². The Morgan fingerprint density at radius 1 is 1.22 bits per heavy atom. The smallest absolute Gasteiger partial charge is 0.00989 e. The second kappa shape index (κ2) is 1.72. The summed E-state index contributed by atoms with van der Waals surface area (Å²) in [5, 5.41) is 3.33. The highest BCUT2D eigenvalue weighted by atomic mass is 14.9. The third-order valence-electron chi connectivity index (χ3n) is 2.93. The fourth-order valence-electron chi connectivity index (χ4n) is 1.97. The molecular formula is C8H15N. The van der Waals surface area contributed by atoms with E-state index in [1.165, 1.54) is 12.8 Å². The molecule has 1 nitrogen and oxygen atoms in total. The van der Waals surface area contributed by atoms with E-state index < -0.39 is 0 Å². The van der Waals surface area contributed by atoms with Crippen molar-refractivity contribution in [3.8, 4) is 0 Å². The molecule has 2 saturated carbocycles. The predicted molar refractivity (Wildman–Crippen MR) is 38.2 cm³/mol. The van der Waals surface area contributed by atoms with Crippen molar-refractivity contribution in [2.45, 2.75) is 25.8 Å². The number of hydrogen-bond donors (Lipinski definition) is 1. The average Bonchev–Trinajstić information content (AvgIpc) is 2.61. The van der Waals surface area contributed by atoms with Crippen LogP contribution in [0.1, 0.15) is 19.8 Å². The monoisotopic (exact) mass is 125 g/mol. The van der Waals surface area contributed by atoms with Gasteiger partial charge < -0.3 is 5.32 Å². The molecule has 9 heavy (non-hydrogen) atoms. The summed E-state index contributed by atoms with van der Waals surface area (Å²) in [5.41, 5.74) is 0. The van der Waals surface area contributed by atoms with Crippen molar-refractivity contribution in [2.24, 2.45) is 17.8 Å². The Morgan fingerprint density at radius 2 is 1.89 bits per heavy atom. The first-order valence-corrected chi connectivity index (χ1v) is 4.00. The summed E-state index contributed by atoms with van der Waals surface area (Å²) in [6.45, 7) is 2.37. The normalized spacial score (nSPS) is 55.3. The van der Waals surface area contributed by atoms with Crippen LogP contribution in [0.4, 0.5) is 0 Å². The highest BCUT2D eigenvalue weighted by Crippen LogP contribution is 2.53. The second-order valence-corrected chi connectivity index (χ2v) is 3.67. The Balaban J connectivity index is 1.79. The van der Waals surface area contributed by atoms with Crippen molar-refractivity contribution in [3.05, 3.63) is 0 Å². The maximum absolute atomic E-state index is 3.33. The van der Waals surface area contributed by atoms with Crippen molar-refractivity contribution < 1.29 is 0 Å². The van der Waals surface area contributed by atoms with Gasteiger partial charge in [-0.25, -0.2) is 0 Å². The summed E-state index contributed by atoms with van der Waals surface area (Å²) in [4.78, 5) is 0. The molecule has 0 amide bonds. The second-order valence-electron chi connectivity index (χ2n) is 3.67. The molecule has 2 aliphatic carbocycles. The number of nitrogens with one attached hydrogen (secondary N) is 1. The maximum Gasteiger partial charge on any atom is 0.00989 e. The van der Waals surface area contributed by atoms with Gasteiger partial charge in [-0.1, -0.05) is 6.92 Å². The Labute approximate surface area is 56.8 Å². The van der Waals surface area contributed by atoms with Gasteiger partial charge in [0.15, 0.2) is 0 Å². The third kappa shape index (κ3) is 0.877. The maximum atomic E-state index is 3.33. The molecule has 0 saturated heterocycles. The van der Waals surface area contributed by atoms with E-state index in [9.17, 15) is 0 Å². The third-order valence-corrected chi connectivity index (χ3v) is 2.93. The lowest BCUT2D eigenvalue weighted by Crippen LogP contribution is -2.11. The van der Waals surface area contributed by atoms with Gasteiger partial charge in [0.25, 0.3) is 0 Å². The van der Waals surface area contributed by atoms with Crippen LogP contribution in [0.2, 0.25) is 0 Å². The molecule has 3 unspecified atom stereocenters. The van der Waals surface area contributed by atoms with Gasteiger partial charge in [0.05, 0.1) is 0 Å². The lowest BCUT2D eigenvalue weighted by molar-refractivity contribution is 0.603. The highest BCUT2D eigenvalue weighted by molar-refractivity contribution is 5.03.